The van der Waals surface area contributed by atoms with Crippen LogP contribution >= 0.6 is 0 Å². The molecule has 3 rings (SSSR count). The topological polar surface area (TPSA) is 15.3 Å². The van der Waals surface area contributed by atoms with Gasteiger partial charge in [0.2, 0.25) is 0 Å². The van der Waals surface area contributed by atoms with Crippen LogP contribution in [0.3, 0.4) is 0 Å². The Bertz CT molecular complexity index is 357. The van der Waals surface area contributed by atoms with Gasteiger partial charge >= 0.3 is 0 Å². The Labute approximate surface area is 110 Å². The molecule has 2 fully saturated rings. The first-order valence-corrected chi connectivity index (χ1v) is 7.45. The second-order valence-corrected chi connectivity index (χ2v) is 5.72. The van der Waals surface area contributed by atoms with Crippen molar-refractivity contribution in [3.05, 3.63) is 35.9 Å². The van der Waals surface area contributed by atoms with Crippen molar-refractivity contribution in [1.29, 1.82) is 0 Å². The number of nitrogens with zero attached hydrogens (tertiary/aromatic N) is 1. The van der Waals surface area contributed by atoms with Crippen molar-refractivity contribution in [3.8, 4) is 0 Å². The van der Waals surface area contributed by atoms with E-state index in [1.165, 1.54) is 50.8 Å². The summed E-state index contributed by atoms with van der Waals surface area (Å²) in [5.74, 6) is 0. The van der Waals surface area contributed by atoms with E-state index in [2.05, 4.69) is 40.5 Å². The Morgan fingerprint density at radius 3 is 2.72 bits per heavy atom. The van der Waals surface area contributed by atoms with Crippen molar-refractivity contribution in [2.45, 2.75) is 50.7 Å². The van der Waals surface area contributed by atoms with Crippen molar-refractivity contribution in [3.63, 3.8) is 0 Å². The quantitative estimate of drug-likeness (QED) is 0.879. The lowest BCUT2D eigenvalue weighted by molar-refractivity contribution is 0.112. The molecule has 98 valence electrons. The summed E-state index contributed by atoms with van der Waals surface area (Å²) in [5.41, 5.74) is 1.46. The lowest BCUT2D eigenvalue weighted by atomic mass is 9.94. The fourth-order valence-electron chi connectivity index (χ4n) is 3.53. The van der Waals surface area contributed by atoms with Gasteiger partial charge in [-0.3, -0.25) is 4.90 Å². The molecule has 2 aliphatic rings. The Kier molecular flexibility index (Phi) is 3.96. The number of rotatable bonds is 3. The summed E-state index contributed by atoms with van der Waals surface area (Å²) < 4.78 is 0. The van der Waals surface area contributed by atoms with Crippen molar-refractivity contribution < 1.29 is 0 Å². The molecule has 2 heteroatoms. The summed E-state index contributed by atoms with van der Waals surface area (Å²) in [7, 11) is 0. The van der Waals surface area contributed by atoms with Crippen molar-refractivity contribution in [1.82, 2.24) is 10.2 Å². The molecule has 0 unspecified atom stereocenters. The van der Waals surface area contributed by atoms with E-state index in [1.54, 1.807) is 0 Å². The lowest BCUT2D eigenvalue weighted by Crippen LogP contribution is -2.49. The first-order chi connectivity index (χ1) is 8.93. The zero-order valence-corrected chi connectivity index (χ0v) is 11.1. The average Bonchev–Trinajstić information content (AvgIpc) is 2.94. The Morgan fingerprint density at radius 1 is 1.06 bits per heavy atom. The third-order valence-electron chi connectivity index (χ3n) is 4.46. The molecule has 1 aromatic rings. The van der Waals surface area contributed by atoms with Gasteiger partial charge in [0.1, 0.15) is 0 Å². The van der Waals surface area contributed by atoms with E-state index in [0.29, 0.717) is 0 Å². The highest BCUT2D eigenvalue weighted by atomic mass is 15.2. The highest BCUT2D eigenvalue weighted by Crippen LogP contribution is 2.25. The maximum atomic E-state index is 3.70. The van der Waals surface area contributed by atoms with Gasteiger partial charge in [-0.05, 0) is 44.3 Å². The molecule has 1 N–H and O–H groups in total. The molecule has 2 atom stereocenters. The van der Waals surface area contributed by atoms with E-state index in [-0.39, 0.29) is 0 Å². The predicted molar refractivity (Wildman–Crippen MR) is 75.5 cm³/mol. The fraction of sp³-hybridized carbons (Fsp3) is 0.625. The Hall–Kier alpha value is -0.860. The smallest absolute Gasteiger partial charge is 0.0252 e. The normalized spacial score (nSPS) is 29.6. The summed E-state index contributed by atoms with van der Waals surface area (Å²) in [6.45, 7) is 3.63. The van der Waals surface area contributed by atoms with E-state index in [0.717, 1.165) is 18.6 Å². The molecule has 0 amide bonds. The minimum Gasteiger partial charge on any atom is -0.312 e. The highest BCUT2D eigenvalue weighted by Gasteiger charge is 2.31. The number of piperidine rings is 1. The number of hydrogen-bond acceptors (Lipinski definition) is 2. The van der Waals surface area contributed by atoms with Gasteiger partial charge in [-0.15, -0.1) is 0 Å². The molecule has 0 bridgehead atoms. The largest absolute Gasteiger partial charge is 0.312 e. The van der Waals surface area contributed by atoms with Crippen molar-refractivity contribution in [2.24, 2.45) is 0 Å². The summed E-state index contributed by atoms with van der Waals surface area (Å²) in [6, 6.07) is 12.4. The van der Waals surface area contributed by atoms with Crippen LogP contribution in [-0.4, -0.2) is 30.1 Å². The van der Waals surface area contributed by atoms with Crippen molar-refractivity contribution >= 4 is 0 Å². The van der Waals surface area contributed by atoms with Crippen LogP contribution in [0.25, 0.3) is 0 Å². The number of likely N-dealkylation sites (tertiary alicyclic amines) is 1. The molecular formula is C16H24N2. The van der Waals surface area contributed by atoms with E-state index < -0.39 is 0 Å². The van der Waals surface area contributed by atoms with Crippen LogP contribution in [0.15, 0.2) is 30.3 Å². The minimum atomic E-state index is 0.744. The first kappa shape index (κ1) is 12.2. The van der Waals surface area contributed by atoms with E-state index in [4.69, 9.17) is 0 Å². The highest BCUT2D eigenvalue weighted by molar-refractivity contribution is 5.15. The molecule has 2 heterocycles. The van der Waals surface area contributed by atoms with Crippen LogP contribution < -0.4 is 5.32 Å². The molecule has 0 saturated carbocycles. The number of nitrogens with one attached hydrogen (secondary N) is 1. The summed E-state index contributed by atoms with van der Waals surface area (Å²) in [6.07, 6.45) is 6.89. The molecule has 1 aromatic carbocycles. The standard InChI is InChI=1S/C16H24N2/c1-2-7-14(8-3-1)13-18-12-5-4-10-16(18)15-9-6-11-17-15/h1-3,7-8,15-17H,4-6,9-13H2/t15-,16+/m1/s1. The molecule has 0 spiro atoms. The van der Waals surface area contributed by atoms with E-state index in [1.807, 2.05) is 0 Å². The average molecular weight is 244 g/mol. The zero-order valence-electron chi connectivity index (χ0n) is 11.1. The second-order valence-electron chi connectivity index (χ2n) is 5.72. The van der Waals surface area contributed by atoms with Crippen LogP contribution in [0.5, 0.6) is 0 Å². The van der Waals surface area contributed by atoms with E-state index in [9.17, 15) is 0 Å². The SMILES string of the molecule is c1ccc(CN2CCCC[C@H]2[C@H]2CCCN2)cc1. The van der Waals surface area contributed by atoms with Gasteiger partial charge in [0.15, 0.2) is 0 Å². The second kappa shape index (κ2) is 5.85. The minimum absolute atomic E-state index is 0.744. The van der Waals surface area contributed by atoms with Crippen LogP contribution in [0.4, 0.5) is 0 Å². The van der Waals surface area contributed by atoms with Gasteiger partial charge in [0.25, 0.3) is 0 Å². The predicted octanol–water partition coefficient (Wildman–Crippen LogP) is 2.79. The number of benzene rings is 1. The van der Waals surface area contributed by atoms with E-state index >= 15 is 0 Å². The maximum Gasteiger partial charge on any atom is 0.0252 e. The maximum absolute atomic E-state index is 3.70. The third-order valence-corrected chi connectivity index (χ3v) is 4.46. The van der Waals surface area contributed by atoms with Crippen LogP contribution in [0.2, 0.25) is 0 Å². The van der Waals surface area contributed by atoms with Gasteiger partial charge < -0.3 is 5.32 Å². The zero-order chi connectivity index (χ0) is 12.2. The number of hydrogen-bond donors (Lipinski definition) is 1. The fourth-order valence-corrected chi connectivity index (χ4v) is 3.53. The summed E-state index contributed by atoms with van der Waals surface area (Å²) in [5, 5.41) is 3.70. The monoisotopic (exact) mass is 244 g/mol. The summed E-state index contributed by atoms with van der Waals surface area (Å²) in [4.78, 5) is 2.71. The van der Waals surface area contributed by atoms with Gasteiger partial charge in [-0.2, -0.15) is 0 Å². The Morgan fingerprint density at radius 2 is 1.94 bits per heavy atom. The van der Waals surface area contributed by atoms with Gasteiger partial charge in [-0.1, -0.05) is 36.8 Å². The van der Waals surface area contributed by atoms with Gasteiger partial charge in [0, 0.05) is 18.6 Å². The molecule has 2 saturated heterocycles. The molecule has 2 nitrogen and oxygen atoms in total. The Balaban J connectivity index is 1.67. The first-order valence-electron chi connectivity index (χ1n) is 7.45. The van der Waals surface area contributed by atoms with Crippen molar-refractivity contribution in [2.75, 3.05) is 13.1 Å². The van der Waals surface area contributed by atoms with Gasteiger partial charge in [-0.25, -0.2) is 0 Å². The van der Waals surface area contributed by atoms with Crippen LogP contribution in [0.1, 0.15) is 37.7 Å². The van der Waals surface area contributed by atoms with Crippen LogP contribution in [0, 0.1) is 0 Å². The molecule has 0 aliphatic carbocycles. The van der Waals surface area contributed by atoms with Gasteiger partial charge in [0.05, 0.1) is 0 Å². The molecule has 0 aromatic heterocycles. The molecule has 0 radical (unpaired) electrons. The van der Waals surface area contributed by atoms with Crippen LogP contribution in [-0.2, 0) is 6.54 Å². The lowest BCUT2D eigenvalue weighted by Gasteiger charge is -2.39. The molecular weight excluding hydrogens is 220 g/mol. The molecule has 2 aliphatic heterocycles. The third kappa shape index (κ3) is 2.76. The summed E-state index contributed by atoms with van der Waals surface area (Å²) >= 11 is 0. The molecule has 18 heavy (non-hydrogen) atoms.